The van der Waals surface area contributed by atoms with Crippen molar-refractivity contribution in [2.45, 2.75) is 124 Å². The quantitative estimate of drug-likeness (QED) is 0.125. The maximum Gasteiger partial charge on any atom is 0.408 e. The van der Waals surface area contributed by atoms with Gasteiger partial charge in [-0.15, -0.1) is 0 Å². The SMILES string of the molecule is CCOC(=O)C[C@H](CC(=O)OC(C)(C)C)NC(=O)[C@@H](NC(=O)[C@@H](NC(=O)[C@H](CC(=O)OC(C)(C)C)NC(=O)OCc1ccccc1)c1ccccc1)C(C)C. The number of alkyl carbamates (subject to hydrolysis) is 1. The molecule has 0 aromatic heterocycles. The molecule has 0 aliphatic rings. The van der Waals surface area contributed by atoms with Crippen LogP contribution < -0.4 is 21.3 Å². The lowest BCUT2D eigenvalue weighted by Gasteiger charge is -2.28. The summed E-state index contributed by atoms with van der Waals surface area (Å²) in [4.78, 5) is 92.4. The fourth-order valence-corrected chi connectivity index (χ4v) is 5.10. The summed E-state index contributed by atoms with van der Waals surface area (Å²) in [5.41, 5.74) is -0.700. The Morgan fingerprint density at radius 1 is 0.600 bits per heavy atom. The number of ether oxygens (including phenoxy) is 4. The number of nitrogens with one attached hydrogen (secondary N) is 4. The molecule has 2 rings (SSSR count). The van der Waals surface area contributed by atoms with Gasteiger partial charge in [0.05, 0.1) is 25.9 Å². The first-order valence-corrected chi connectivity index (χ1v) is 18.2. The van der Waals surface area contributed by atoms with Gasteiger partial charge in [-0.2, -0.15) is 0 Å². The molecule has 0 fully saturated rings. The van der Waals surface area contributed by atoms with Gasteiger partial charge in [0.2, 0.25) is 17.7 Å². The van der Waals surface area contributed by atoms with Gasteiger partial charge in [0.1, 0.15) is 35.9 Å². The predicted molar refractivity (Wildman–Crippen MR) is 202 cm³/mol. The van der Waals surface area contributed by atoms with Crippen molar-refractivity contribution in [1.29, 1.82) is 0 Å². The largest absolute Gasteiger partial charge is 0.466 e. The number of benzene rings is 2. The summed E-state index contributed by atoms with van der Waals surface area (Å²) in [5, 5.41) is 10.4. The van der Waals surface area contributed by atoms with E-state index in [4.69, 9.17) is 18.9 Å². The van der Waals surface area contributed by atoms with Crippen LogP contribution in [0.3, 0.4) is 0 Å². The number of esters is 3. The molecule has 0 radical (unpaired) electrons. The van der Waals surface area contributed by atoms with Crippen LogP contribution in [0.25, 0.3) is 0 Å². The molecule has 0 bridgehead atoms. The van der Waals surface area contributed by atoms with Crippen molar-refractivity contribution < 1.29 is 52.5 Å². The lowest BCUT2D eigenvalue weighted by atomic mass is 9.99. The first-order valence-electron chi connectivity index (χ1n) is 18.2. The summed E-state index contributed by atoms with van der Waals surface area (Å²) in [7, 11) is 0. The molecule has 4 amide bonds. The van der Waals surface area contributed by atoms with Crippen LogP contribution in [0.2, 0.25) is 0 Å². The molecule has 302 valence electrons. The fraction of sp³-hybridized carbons (Fsp3) is 0.525. The van der Waals surface area contributed by atoms with E-state index in [2.05, 4.69) is 21.3 Å². The third-order valence-corrected chi connectivity index (χ3v) is 7.44. The molecule has 0 aliphatic heterocycles. The van der Waals surface area contributed by atoms with Gasteiger partial charge in [0.15, 0.2) is 0 Å². The van der Waals surface area contributed by atoms with Crippen LogP contribution in [0.1, 0.15) is 98.7 Å². The molecule has 0 saturated heterocycles. The Kier molecular flexibility index (Phi) is 17.8. The summed E-state index contributed by atoms with van der Waals surface area (Å²) in [6, 6.07) is 11.8. The van der Waals surface area contributed by atoms with Gasteiger partial charge < -0.3 is 40.2 Å². The van der Waals surface area contributed by atoms with Crippen LogP contribution in [0, 0.1) is 5.92 Å². The average molecular weight is 769 g/mol. The van der Waals surface area contributed by atoms with Crippen LogP contribution in [-0.4, -0.2) is 77.7 Å². The van der Waals surface area contributed by atoms with Crippen molar-refractivity contribution in [3.05, 3.63) is 71.8 Å². The summed E-state index contributed by atoms with van der Waals surface area (Å²) >= 11 is 0. The first-order chi connectivity index (χ1) is 25.7. The van der Waals surface area contributed by atoms with Crippen LogP contribution in [-0.2, 0) is 54.3 Å². The Hall–Kier alpha value is -5.47. The standard InChI is InChI=1S/C40H56N4O11/c1-10-52-30(45)21-28(22-31(46)54-39(4,5)6)41-36(49)33(25(2)3)43-37(50)34(27-19-15-12-16-20-27)44-35(48)29(23-32(47)55-40(7,8)9)42-38(51)53-24-26-17-13-11-14-18-26/h11-20,25,28-29,33-34H,10,21-24H2,1-9H3,(H,41,49)(H,42,51)(H,43,50)(H,44,48)/t28-,29+,33+,34+/m1/s1. The molecule has 15 nitrogen and oxygen atoms in total. The van der Waals surface area contributed by atoms with E-state index in [-0.39, 0.29) is 26.1 Å². The molecule has 0 heterocycles. The van der Waals surface area contributed by atoms with E-state index in [1.54, 1.807) is 123 Å². The van der Waals surface area contributed by atoms with Gasteiger partial charge >= 0.3 is 24.0 Å². The predicted octanol–water partition coefficient (Wildman–Crippen LogP) is 4.18. The second-order valence-corrected chi connectivity index (χ2v) is 15.1. The van der Waals surface area contributed by atoms with Crippen LogP contribution in [0.15, 0.2) is 60.7 Å². The van der Waals surface area contributed by atoms with E-state index in [1.807, 2.05) is 0 Å². The summed E-state index contributed by atoms with van der Waals surface area (Å²) in [5.74, 6) is -5.03. The maximum absolute atomic E-state index is 14.0. The molecule has 4 atom stereocenters. The van der Waals surface area contributed by atoms with E-state index >= 15 is 0 Å². The molecule has 0 saturated carbocycles. The minimum absolute atomic E-state index is 0.0895. The minimum Gasteiger partial charge on any atom is -0.466 e. The monoisotopic (exact) mass is 768 g/mol. The number of hydrogen-bond acceptors (Lipinski definition) is 11. The smallest absolute Gasteiger partial charge is 0.408 e. The van der Waals surface area contributed by atoms with Crippen LogP contribution in [0.5, 0.6) is 0 Å². The highest BCUT2D eigenvalue weighted by Crippen LogP contribution is 2.17. The van der Waals surface area contributed by atoms with Crippen molar-refractivity contribution in [2.24, 2.45) is 5.92 Å². The van der Waals surface area contributed by atoms with Gasteiger partial charge in [-0.1, -0.05) is 74.5 Å². The van der Waals surface area contributed by atoms with Gasteiger partial charge in [0.25, 0.3) is 0 Å². The van der Waals surface area contributed by atoms with Crippen molar-refractivity contribution in [3.63, 3.8) is 0 Å². The number of amides is 4. The number of rotatable bonds is 18. The Balaban J connectivity index is 2.35. The molecule has 2 aromatic carbocycles. The highest BCUT2D eigenvalue weighted by atomic mass is 16.6. The number of carbonyl (C=O) groups is 7. The van der Waals surface area contributed by atoms with Crippen molar-refractivity contribution >= 4 is 41.7 Å². The van der Waals surface area contributed by atoms with Crippen molar-refractivity contribution in [3.8, 4) is 0 Å². The molecular weight excluding hydrogens is 712 g/mol. The molecule has 4 N–H and O–H groups in total. The minimum atomic E-state index is -1.53. The highest BCUT2D eigenvalue weighted by Gasteiger charge is 2.35. The zero-order valence-electron chi connectivity index (χ0n) is 33.2. The summed E-state index contributed by atoms with van der Waals surface area (Å²) < 4.78 is 21.1. The van der Waals surface area contributed by atoms with E-state index < -0.39 is 89.4 Å². The Labute approximate surface area is 322 Å². The zero-order chi connectivity index (χ0) is 41.3. The van der Waals surface area contributed by atoms with Crippen LogP contribution >= 0.6 is 0 Å². The van der Waals surface area contributed by atoms with E-state index in [1.165, 1.54) is 0 Å². The Morgan fingerprint density at radius 2 is 1.13 bits per heavy atom. The summed E-state index contributed by atoms with van der Waals surface area (Å²) in [6.07, 6.45) is -2.26. The summed E-state index contributed by atoms with van der Waals surface area (Å²) in [6.45, 7) is 15.0. The molecule has 0 aliphatic carbocycles. The number of hydrogen-bond donors (Lipinski definition) is 4. The third kappa shape index (κ3) is 17.9. The second kappa shape index (κ2) is 21.4. The molecule has 55 heavy (non-hydrogen) atoms. The topological polar surface area (TPSA) is 205 Å². The van der Waals surface area contributed by atoms with Gasteiger partial charge in [-0.25, -0.2) is 4.79 Å². The van der Waals surface area contributed by atoms with E-state index in [0.717, 1.165) is 0 Å². The van der Waals surface area contributed by atoms with Gasteiger partial charge in [-0.05, 0) is 65.5 Å². The molecular formula is C40H56N4O11. The lowest BCUT2D eigenvalue weighted by Crippen LogP contribution is -2.56. The molecule has 0 unspecified atom stereocenters. The zero-order valence-corrected chi connectivity index (χ0v) is 33.2. The molecule has 2 aromatic rings. The van der Waals surface area contributed by atoms with Gasteiger partial charge in [-0.3, -0.25) is 28.8 Å². The van der Waals surface area contributed by atoms with Crippen molar-refractivity contribution in [1.82, 2.24) is 21.3 Å². The molecule has 0 spiro atoms. The first kappa shape index (κ1) is 45.7. The fourth-order valence-electron chi connectivity index (χ4n) is 5.10. The normalized spacial score (nSPS) is 13.6. The Bertz CT molecular complexity index is 1600. The van der Waals surface area contributed by atoms with Crippen molar-refractivity contribution in [2.75, 3.05) is 6.61 Å². The molecule has 15 heteroatoms. The maximum atomic E-state index is 14.0. The van der Waals surface area contributed by atoms with Crippen LogP contribution in [0.4, 0.5) is 4.79 Å². The van der Waals surface area contributed by atoms with E-state index in [9.17, 15) is 33.6 Å². The second-order valence-electron chi connectivity index (χ2n) is 15.1. The lowest BCUT2D eigenvalue weighted by molar-refractivity contribution is -0.157. The van der Waals surface area contributed by atoms with Gasteiger partial charge in [0, 0.05) is 6.04 Å². The Morgan fingerprint density at radius 3 is 1.65 bits per heavy atom. The average Bonchev–Trinajstić information content (AvgIpc) is 3.07. The third-order valence-electron chi connectivity index (χ3n) is 7.44. The number of carbonyl (C=O) groups excluding carboxylic acids is 7. The highest BCUT2D eigenvalue weighted by molar-refractivity contribution is 5.96. The van der Waals surface area contributed by atoms with E-state index in [0.29, 0.717) is 11.1 Å².